The molecule has 0 atom stereocenters. The van der Waals surface area contributed by atoms with Crippen LogP contribution in [0.4, 0.5) is 0 Å². The van der Waals surface area contributed by atoms with E-state index in [2.05, 4.69) is 207 Å². The molecule has 12 aromatic carbocycles. The van der Waals surface area contributed by atoms with E-state index in [1.54, 1.807) is 77.2 Å². The first-order valence-corrected chi connectivity index (χ1v) is 40.0. The number of para-hydroxylation sites is 3. The second kappa shape index (κ2) is 49.1. The summed E-state index contributed by atoms with van der Waals surface area (Å²) in [4.78, 5) is 0. The molecule has 12 rings (SSSR count). The van der Waals surface area contributed by atoms with E-state index < -0.39 is 0 Å². The highest BCUT2D eigenvalue weighted by Gasteiger charge is 2.14. The van der Waals surface area contributed by atoms with E-state index >= 15 is 0 Å². The fraction of sp³-hybridized carbons (Fsp3) is 0.308. The summed E-state index contributed by atoms with van der Waals surface area (Å²) >= 11 is 0. The summed E-state index contributed by atoms with van der Waals surface area (Å²) < 4.78 is 59.1. The number of methoxy groups -OCH3 is 10. The number of hydrogen-bond acceptors (Lipinski definition) is 12. The molecule has 12 nitrogen and oxygen atoms in total. The lowest BCUT2D eigenvalue weighted by molar-refractivity contribution is 0.310. The number of hydrogen-bond donors (Lipinski definition) is 1. The van der Waals surface area contributed by atoms with Crippen molar-refractivity contribution < 1.29 is 57.2 Å². The van der Waals surface area contributed by atoms with Gasteiger partial charge in [0.25, 0.3) is 0 Å². The minimum absolute atomic E-state index is 0.350. The largest absolute Gasteiger partial charge is 0.508 e. The summed E-state index contributed by atoms with van der Waals surface area (Å²) in [6.07, 6.45) is 11.7. The molecule has 0 aliphatic rings. The molecule has 0 amide bonds. The maximum atomic E-state index is 9.73. The van der Waals surface area contributed by atoms with E-state index in [1.807, 2.05) is 91.9 Å². The van der Waals surface area contributed by atoms with Crippen LogP contribution in [-0.2, 0) is 77.0 Å². The van der Waals surface area contributed by atoms with Gasteiger partial charge in [-0.05, 0) is 295 Å². The molecule has 0 heterocycles. The maximum absolute atomic E-state index is 9.73. The summed E-state index contributed by atoms with van der Waals surface area (Å²) in [5.74, 6) is 9.57. The molecule has 0 saturated carbocycles. The molecular weight excluding hydrogens is 1440 g/mol. The Hall–Kier alpha value is -11.8. The van der Waals surface area contributed by atoms with Gasteiger partial charge >= 0.3 is 0 Å². The Balaban J connectivity index is 0.000000193. The van der Waals surface area contributed by atoms with Gasteiger partial charge in [-0.25, -0.2) is 0 Å². The third-order valence-electron chi connectivity index (χ3n) is 20.5. The second-order valence-electron chi connectivity index (χ2n) is 28.7. The minimum atomic E-state index is 0.350. The van der Waals surface area contributed by atoms with Crippen LogP contribution in [0.25, 0.3) is 0 Å². The molecule has 0 unspecified atom stereocenters. The molecule has 1 N–H and O–H groups in total. The Bertz CT molecular complexity index is 4860. The summed E-state index contributed by atoms with van der Waals surface area (Å²) in [7, 11) is 16.8. The average molecular weight is 1570 g/mol. The van der Waals surface area contributed by atoms with Gasteiger partial charge in [-0.3, -0.25) is 0 Å². The zero-order chi connectivity index (χ0) is 83.7. The third kappa shape index (κ3) is 29.0. The van der Waals surface area contributed by atoms with Crippen molar-refractivity contribution in [2.45, 2.75) is 139 Å². The molecule has 12 heteroatoms. The van der Waals surface area contributed by atoms with Crippen molar-refractivity contribution in [1.82, 2.24) is 0 Å². The molecule has 0 saturated heterocycles. The van der Waals surface area contributed by atoms with Crippen LogP contribution in [0.1, 0.15) is 118 Å². The van der Waals surface area contributed by atoms with Crippen LogP contribution in [0, 0.1) is 55.4 Å². The lowest BCUT2D eigenvalue weighted by atomic mass is 9.98. The standard InChI is InChI=1S/C19H24O2.C18H22O2.2C17H20O2.C17H20O.C16H18O3/c1-5-21-18-11-8-16(13-19(18)20-4)7-10-17-9-6-14(2)12-15(17)3;1-13-8-9-14(2)16(12-13)11-10-15-6-5-7-17(19-3)18(15)20-4;1-13-8-11-17(19-3)15(12-13)10-9-14-6-4-5-7-16(14)18-2;1-13-6-4-5-7-15(13)10-8-14-9-11-16(18-2)17(12-14)19-3;1-13-8-11-17(18-3)16(12-13)10-9-15-7-5-4-6-14(15)2;1-18-15-10-8-12(11-16(15)19-2)7-9-13-5-3-4-6-14(13)17/h6,8-9,11-13H,5,7,10H2,1-4H3;5-9,12H,10-11H2,1-4H3;4-8,11-12H,9-10H2,1-3H3;4-7,9,11-12H,8,10H2,1-3H3;4-8,11-12H,9-10H2,1-3H3;3-6,8,10-11,17H,7,9H2,1-2H3. The number of aromatic hydroxyl groups is 1. The summed E-state index contributed by atoms with van der Waals surface area (Å²) in [5, 5.41) is 9.73. The van der Waals surface area contributed by atoms with Crippen LogP contribution >= 0.6 is 0 Å². The predicted octanol–water partition coefficient (Wildman–Crippen LogP) is 23.5. The topological polar surface area (TPSA) is 122 Å². The predicted molar refractivity (Wildman–Crippen MR) is 478 cm³/mol. The summed E-state index contributed by atoms with van der Waals surface area (Å²) in [6.45, 7) is 19.8. The van der Waals surface area contributed by atoms with Gasteiger partial charge in [0.15, 0.2) is 46.0 Å². The second-order valence-corrected chi connectivity index (χ2v) is 28.7. The molecule has 0 aromatic heterocycles. The third-order valence-corrected chi connectivity index (χ3v) is 20.5. The monoisotopic (exact) mass is 1560 g/mol. The molecule has 0 fully saturated rings. The highest BCUT2D eigenvalue weighted by atomic mass is 16.5. The number of rotatable bonds is 30. The van der Waals surface area contributed by atoms with Crippen molar-refractivity contribution in [3.8, 4) is 69.0 Å². The van der Waals surface area contributed by atoms with E-state index in [0.717, 1.165) is 151 Å². The van der Waals surface area contributed by atoms with E-state index in [-0.39, 0.29) is 0 Å². The number of phenolic OH excluding ortho intramolecular Hbond substituents is 1. The van der Waals surface area contributed by atoms with Crippen molar-refractivity contribution in [2.24, 2.45) is 0 Å². The first-order valence-electron chi connectivity index (χ1n) is 40.0. The van der Waals surface area contributed by atoms with Gasteiger partial charge in [0.2, 0.25) is 0 Å². The minimum Gasteiger partial charge on any atom is -0.508 e. The molecule has 0 aliphatic carbocycles. The molecular formula is C104H124O12. The van der Waals surface area contributed by atoms with Gasteiger partial charge in [-0.1, -0.05) is 198 Å². The van der Waals surface area contributed by atoms with Crippen molar-refractivity contribution in [3.05, 3.63) is 354 Å². The first kappa shape index (κ1) is 91.4. The summed E-state index contributed by atoms with van der Waals surface area (Å²) in [6, 6.07) is 82.9. The summed E-state index contributed by atoms with van der Waals surface area (Å²) in [5.41, 5.74) is 25.8. The van der Waals surface area contributed by atoms with Crippen molar-refractivity contribution in [2.75, 3.05) is 77.7 Å². The van der Waals surface area contributed by atoms with Crippen LogP contribution in [0.3, 0.4) is 0 Å². The van der Waals surface area contributed by atoms with Gasteiger partial charge < -0.3 is 57.2 Å². The number of aryl methyl sites for hydroxylation is 20. The van der Waals surface area contributed by atoms with Gasteiger partial charge in [0, 0.05) is 0 Å². The van der Waals surface area contributed by atoms with Gasteiger partial charge in [0.05, 0.1) is 77.7 Å². The van der Waals surface area contributed by atoms with Crippen LogP contribution in [0.2, 0.25) is 0 Å². The fourth-order valence-corrected chi connectivity index (χ4v) is 13.8. The molecule has 12 aromatic rings. The molecule has 0 bridgehead atoms. The highest BCUT2D eigenvalue weighted by Crippen LogP contribution is 2.35. The highest BCUT2D eigenvalue weighted by molar-refractivity contribution is 5.49. The fourth-order valence-electron chi connectivity index (χ4n) is 13.8. The zero-order valence-electron chi connectivity index (χ0n) is 72.2. The Morgan fingerprint density at radius 3 is 0.991 bits per heavy atom. The smallest absolute Gasteiger partial charge is 0.163 e. The van der Waals surface area contributed by atoms with E-state index in [1.165, 1.54) is 100 Å². The Morgan fingerprint density at radius 1 is 0.207 bits per heavy atom. The molecule has 0 spiro atoms. The first-order chi connectivity index (χ1) is 56.2. The van der Waals surface area contributed by atoms with Crippen molar-refractivity contribution in [1.29, 1.82) is 0 Å². The Labute approximate surface area is 693 Å². The van der Waals surface area contributed by atoms with Gasteiger partial charge in [-0.15, -0.1) is 0 Å². The Morgan fingerprint density at radius 2 is 0.526 bits per heavy atom. The number of phenols is 1. The Kier molecular flexibility index (Phi) is 38.7. The van der Waals surface area contributed by atoms with Crippen LogP contribution in [-0.4, -0.2) is 82.8 Å². The quantitative estimate of drug-likeness (QED) is 0.0461. The lowest BCUT2D eigenvalue weighted by Crippen LogP contribution is -1.99. The molecule has 116 heavy (non-hydrogen) atoms. The maximum Gasteiger partial charge on any atom is 0.163 e. The SMILES string of the molecule is CCOc1ccc(CCc2ccc(C)cc2C)cc1OC.COc1ccc(C)cc1CCc1ccccc1C.COc1ccc(CCc2ccccc2C)cc1OC.COc1ccc(CCc2ccccc2O)cc1OC.COc1cccc(CCc2cc(C)ccc2C)c1OC.COc1ccccc1CCc1cc(C)ccc1OC. The average Bonchev–Trinajstić information content (AvgIpc) is 0.959. The van der Waals surface area contributed by atoms with E-state index in [0.29, 0.717) is 12.4 Å². The lowest BCUT2D eigenvalue weighted by Gasteiger charge is -2.13. The van der Waals surface area contributed by atoms with Gasteiger partial charge in [-0.2, -0.15) is 0 Å². The van der Waals surface area contributed by atoms with Gasteiger partial charge in [0.1, 0.15) is 23.0 Å². The van der Waals surface area contributed by atoms with Crippen LogP contribution in [0.15, 0.2) is 243 Å². The van der Waals surface area contributed by atoms with Crippen LogP contribution < -0.4 is 52.1 Å². The normalized spacial score (nSPS) is 10.3. The van der Waals surface area contributed by atoms with Crippen molar-refractivity contribution in [3.63, 3.8) is 0 Å². The number of ether oxygens (including phenoxy) is 11. The van der Waals surface area contributed by atoms with Crippen molar-refractivity contribution >= 4 is 0 Å². The van der Waals surface area contributed by atoms with E-state index in [9.17, 15) is 5.11 Å². The zero-order valence-corrected chi connectivity index (χ0v) is 72.2. The van der Waals surface area contributed by atoms with E-state index in [4.69, 9.17) is 52.1 Å². The molecule has 612 valence electrons. The number of benzene rings is 12. The molecule has 0 radical (unpaired) electrons. The van der Waals surface area contributed by atoms with Crippen LogP contribution in [0.5, 0.6) is 69.0 Å². The molecule has 0 aliphatic heterocycles.